The van der Waals surface area contributed by atoms with Crippen molar-refractivity contribution in [1.82, 2.24) is 4.90 Å². The van der Waals surface area contributed by atoms with Crippen LogP contribution in [0.15, 0.2) is 42.5 Å². The van der Waals surface area contributed by atoms with Gasteiger partial charge in [-0.25, -0.2) is 0 Å². The molecule has 1 aromatic rings. The molecule has 5 nitrogen and oxygen atoms in total. The van der Waals surface area contributed by atoms with Crippen LogP contribution < -0.4 is 0 Å². The van der Waals surface area contributed by atoms with E-state index in [1.165, 1.54) is 0 Å². The van der Waals surface area contributed by atoms with Crippen LogP contribution in [0.4, 0.5) is 0 Å². The second-order valence-electron chi connectivity index (χ2n) is 7.22. The first kappa shape index (κ1) is 16.3. The summed E-state index contributed by atoms with van der Waals surface area (Å²) >= 11 is 0. The summed E-state index contributed by atoms with van der Waals surface area (Å²) < 4.78 is 11.6. The summed E-state index contributed by atoms with van der Waals surface area (Å²) in [5, 5.41) is 0. The minimum absolute atomic E-state index is 0.0165. The molecule has 4 rings (SSSR count). The fraction of sp³-hybridized carbons (Fsp3) is 0.500. The second kappa shape index (κ2) is 5.99. The van der Waals surface area contributed by atoms with Gasteiger partial charge in [0.1, 0.15) is 18.1 Å². The van der Waals surface area contributed by atoms with Crippen LogP contribution in [0.1, 0.15) is 25.8 Å². The molecule has 2 fully saturated rings. The van der Waals surface area contributed by atoms with Crippen LogP contribution >= 0.6 is 0 Å². The number of ether oxygens (including phenoxy) is 2. The number of hydrogen-bond donors (Lipinski definition) is 0. The van der Waals surface area contributed by atoms with Crippen molar-refractivity contribution in [2.45, 2.75) is 44.6 Å². The predicted molar refractivity (Wildman–Crippen MR) is 91.4 cm³/mol. The van der Waals surface area contributed by atoms with Crippen molar-refractivity contribution >= 4 is 11.9 Å². The average molecular weight is 341 g/mol. The topological polar surface area (TPSA) is 55.8 Å². The van der Waals surface area contributed by atoms with Crippen molar-refractivity contribution in [3.63, 3.8) is 0 Å². The second-order valence-corrected chi connectivity index (χ2v) is 7.22. The zero-order chi connectivity index (χ0) is 17.6. The summed E-state index contributed by atoms with van der Waals surface area (Å²) in [4.78, 5) is 27.6. The lowest BCUT2D eigenvalue weighted by atomic mass is 9.77. The van der Waals surface area contributed by atoms with Crippen LogP contribution in [0, 0.1) is 11.8 Å². The maximum atomic E-state index is 13.0. The lowest BCUT2D eigenvalue weighted by Crippen LogP contribution is -2.41. The quantitative estimate of drug-likeness (QED) is 0.609. The molecular weight excluding hydrogens is 318 g/mol. The highest BCUT2D eigenvalue weighted by atomic mass is 16.6. The largest absolute Gasteiger partial charge is 0.460 e. The lowest BCUT2D eigenvalue weighted by Gasteiger charge is -2.26. The molecule has 3 heterocycles. The van der Waals surface area contributed by atoms with Crippen LogP contribution in [0.3, 0.4) is 0 Å². The molecule has 1 aromatic carbocycles. The molecule has 0 radical (unpaired) electrons. The van der Waals surface area contributed by atoms with E-state index in [-0.39, 0.29) is 30.6 Å². The molecular formula is C20H23NO4. The van der Waals surface area contributed by atoms with Crippen molar-refractivity contribution in [1.29, 1.82) is 0 Å². The lowest BCUT2D eigenvalue weighted by molar-refractivity contribution is -0.155. The number of rotatable bonds is 5. The molecule has 0 unspecified atom stereocenters. The third-order valence-electron chi connectivity index (χ3n) is 5.75. The molecule has 2 saturated heterocycles. The summed E-state index contributed by atoms with van der Waals surface area (Å²) in [6, 6.07) is 9.71. The first-order valence-electron chi connectivity index (χ1n) is 8.94. The summed E-state index contributed by atoms with van der Waals surface area (Å²) in [5.41, 5.74) is 0.283. The van der Waals surface area contributed by atoms with Gasteiger partial charge in [0.05, 0.1) is 18.6 Å². The van der Waals surface area contributed by atoms with E-state index in [0.717, 1.165) is 12.0 Å². The highest BCUT2D eigenvalue weighted by Crippen LogP contribution is 2.52. The third-order valence-corrected chi connectivity index (χ3v) is 5.75. The van der Waals surface area contributed by atoms with Gasteiger partial charge in [0, 0.05) is 6.04 Å². The highest BCUT2D eigenvalue weighted by molar-refractivity contribution is 5.91. The van der Waals surface area contributed by atoms with E-state index in [4.69, 9.17) is 9.47 Å². The smallest absolute Gasteiger partial charge is 0.313 e. The van der Waals surface area contributed by atoms with E-state index >= 15 is 0 Å². The fourth-order valence-corrected chi connectivity index (χ4v) is 4.22. The maximum Gasteiger partial charge on any atom is 0.313 e. The van der Waals surface area contributed by atoms with Gasteiger partial charge in [-0.05, 0) is 18.9 Å². The SMILES string of the molecule is CC[C@H](C)N1C[C@]23C=C[C@H](O2)[C@@H](C(=O)OCc2ccccc2)[C@@H]3C1=O. The molecule has 5 heteroatoms. The number of likely N-dealkylation sites (tertiary alicyclic amines) is 1. The number of amides is 1. The zero-order valence-electron chi connectivity index (χ0n) is 14.6. The molecule has 0 aliphatic carbocycles. The van der Waals surface area contributed by atoms with E-state index in [1.54, 1.807) is 0 Å². The highest BCUT2D eigenvalue weighted by Gasteiger charge is 2.67. The van der Waals surface area contributed by atoms with Crippen LogP contribution in [0.5, 0.6) is 0 Å². The molecule has 25 heavy (non-hydrogen) atoms. The number of hydrogen-bond acceptors (Lipinski definition) is 4. The van der Waals surface area contributed by atoms with Gasteiger partial charge in [-0.15, -0.1) is 0 Å². The van der Waals surface area contributed by atoms with E-state index in [1.807, 2.05) is 54.3 Å². The van der Waals surface area contributed by atoms with Gasteiger partial charge in [0.15, 0.2) is 0 Å². The Bertz CT molecular complexity index is 716. The van der Waals surface area contributed by atoms with Crippen LogP contribution in [-0.2, 0) is 25.7 Å². The first-order valence-corrected chi connectivity index (χ1v) is 8.94. The van der Waals surface area contributed by atoms with Gasteiger partial charge in [-0.2, -0.15) is 0 Å². The van der Waals surface area contributed by atoms with Crippen molar-refractivity contribution in [2.24, 2.45) is 11.8 Å². The number of carbonyl (C=O) groups is 2. The average Bonchev–Trinajstić information content (AvgIpc) is 3.28. The van der Waals surface area contributed by atoms with Crippen molar-refractivity contribution in [3.8, 4) is 0 Å². The number of benzene rings is 1. The Balaban J connectivity index is 1.52. The predicted octanol–water partition coefficient (Wildman–Crippen LogP) is 2.31. The molecule has 1 amide bonds. The molecule has 0 saturated carbocycles. The molecule has 0 aromatic heterocycles. The number of esters is 1. The normalized spacial score (nSPS) is 33.6. The molecule has 2 bridgehead atoms. The fourth-order valence-electron chi connectivity index (χ4n) is 4.22. The van der Waals surface area contributed by atoms with E-state index in [0.29, 0.717) is 6.54 Å². The van der Waals surface area contributed by atoms with Gasteiger partial charge < -0.3 is 14.4 Å². The molecule has 3 aliphatic rings. The van der Waals surface area contributed by atoms with Crippen molar-refractivity contribution in [2.75, 3.05) is 6.54 Å². The Morgan fingerprint density at radius 3 is 2.88 bits per heavy atom. The summed E-state index contributed by atoms with van der Waals surface area (Å²) in [6.07, 6.45) is 4.42. The molecule has 3 aliphatic heterocycles. The van der Waals surface area contributed by atoms with Gasteiger partial charge in [-0.3, -0.25) is 9.59 Å². The summed E-state index contributed by atoms with van der Waals surface area (Å²) in [6.45, 7) is 4.84. The molecule has 0 N–H and O–H groups in total. The first-order chi connectivity index (χ1) is 12.1. The minimum atomic E-state index is -0.651. The van der Waals surface area contributed by atoms with Gasteiger partial charge in [-0.1, -0.05) is 49.4 Å². The maximum absolute atomic E-state index is 13.0. The summed E-state index contributed by atoms with van der Waals surface area (Å²) in [7, 11) is 0. The minimum Gasteiger partial charge on any atom is -0.460 e. The number of fused-ring (bicyclic) bond motifs is 1. The van der Waals surface area contributed by atoms with Crippen LogP contribution in [-0.4, -0.2) is 41.1 Å². The van der Waals surface area contributed by atoms with Crippen molar-refractivity contribution in [3.05, 3.63) is 48.0 Å². The Morgan fingerprint density at radius 1 is 1.40 bits per heavy atom. The van der Waals surface area contributed by atoms with Crippen molar-refractivity contribution < 1.29 is 19.1 Å². The zero-order valence-corrected chi connectivity index (χ0v) is 14.6. The number of nitrogens with zero attached hydrogens (tertiary/aromatic N) is 1. The summed E-state index contributed by atoms with van der Waals surface area (Å²) in [5.74, 6) is -1.33. The third kappa shape index (κ3) is 2.49. The molecule has 132 valence electrons. The van der Waals surface area contributed by atoms with Crippen LogP contribution in [0.25, 0.3) is 0 Å². The van der Waals surface area contributed by atoms with E-state index in [2.05, 4.69) is 6.92 Å². The van der Waals surface area contributed by atoms with E-state index in [9.17, 15) is 9.59 Å². The number of carbonyl (C=O) groups excluding carboxylic acids is 2. The molecule has 1 spiro atoms. The Kier molecular flexibility index (Phi) is 3.91. The molecule has 5 atom stereocenters. The van der Waals surface area contributed by atoms with Gasteiger partial charge in [0.2, 0.25) is 5.91 Å². The van der Waals surface area contributed by atoms with Crippen LogP contribution in [0.2, 0.25) is 0 Å². The van der Waals surface area contributed by atoms with Gasteiger partial charge in [0.25, 0.3) is 0 Å². The van der Waals surface area contributed by atoms with Gasteiger partial charge >= 0.3 is 5.97 Å². The standard InChI is InChI=1S/C20H23NO4/c1-3-13(2)21-12-20-10-9-15(25-20)16(17(20)18(21)22)19(23)24-11-14-7-5-4-6-8-14/h4-10,13,15-17H,3,11-12H2,1-2H3/t13-,15-,16+,17+,20-/m0/s1. The Hall–Kier alpha value is -2.14. The van der Waals surface area contributed by atoms with E-state index < -0.39 is 17.4 Å². The Labute approximate surface area is 147 Å². The monoisotopic (exact) mass is 341 g/mol. The Morgan fingerprint density at radius 2 is 2.16 bits per heavy atom.